The van der Waals surface area contributed by atoms with Crippen molar-refractivity contribution in [3.8, 4) is 6.07 Å². The Hall–Kier alpha value is -1.57. The van der Waals surface area contributed by atoms with Crippen LogP contribution in [-0.4, -0.2) is 17.5 Å². The van der Waals surface area contributed by atoms with Crippen molar-refractivity contribution in [3.05, 3.63) is 34.3 Å². The Morgan fingerprint density at radius 2 is 2.10 bits per heavy atom. The fourth-order valence-electron chi connectivity index (χ4n) is 1.59. The highest BCUT2D eigenvalue weighted by molar-refractivity contribution is 6.31. The SMILES string of the molecule is CC(NCc1ccc(C#N)cc1Cl)C(=O)NC(C)(C)C. The number of halogens is 1. The number of benzene rings is 1. The van der Waals surface area contributed by atoms with Gasteiger partial charge in [-0.3, -0.25) is 4.79 Å². The van der Waals surface area contributed by atoms with Crippen LogP contribution in [0.4, 0.5) is 0 Å². The fraction of sp³-hybridized carbons (Fsp3) is 0.467. The lowest BCUT2D eigenvalue weighted by atomic mass is 10.1. The molecule has 1 aromatic carbocycles. The Morgan fingerprint density at radius 1 is 1.45 bits per heavy atom. The molecule has 1 amide bonds. The van der Waals surface area contributed by atoms with Gasteiger partial charge in [-0.2, -0.15) is 5.26 Å². The van der Waals surface area contributed by atoms with E-state index in [-0.39, 0.29) is 17.5 Å². The maximum Gasteiger partial charge on any atom is 0.237 e. The largest absolute Gasteiger partial charge is 0.350 e. The molecule has 0 aromatic heterocycles. The molecule has 1 aromatic rings. The molecule has 20 heavy (non-hydrogen) atoms. The predicted molar refractivity (Wildman–Crippen MR) is 80.4 cm³/mol. The van der Waals surface area contributed by atoms with Gasteiger partial charge in [-0.05, 0) is 45.4 Å². The van der Waals surface area contributed by atoms with Crippen LogP contribution in [0.2, 0.25) is 5.02 Å². The van der Waals surface area contributed by atoms with Crippen molar-refractivity contribution >= 4 is 17.5 Å². The topological polar surface area (TPSA) is 64.9 Å². The van der Waals surface area contributed by atoms with Crippen molar-refractivity contribution < 1.29 is 4.79 Å². The van der Waals surface area contributed by atoms with Crippen LogP contribution >= 0.6 is 11.6 Å². The number of carbonyl (C=O) groups is 1. The standard InChI is InChI=1S/C15H20ClN3O/c1-10(14(20)19-15(2,3)4)18-9-12-6-5-11(8-17)7-13(12)16/h5-7,10,18H,9H2,1-4H3,(H,19,20). The van der Waals surface area contributed by atoms with Gasteiger partial charge in [0.25, 0.3) is 0 Å². The molecule has 4 nitrogen and oxygen atoms in total. The van der Waals surface area contributed by atoms with Gasteiger partial charge in [-0.15, -0.1) is 0 Å². The molecule has 0 saturated carbocycles. The van der Waals surface area contributed by atoms with Gasteiger partial charge in [0.1, 0.15) is 0 Å². The van der Waals surface area contributed by atoms with Crippen molar-refractivity contribution in [2.24, 2.45) is 0 Å². The van der Waals surface area contributed by atoms with Gasteiger partial charge in [0.05, 0.1) is 17.7 Å². The minimum Gasteiger partial charge on any atom is -0.350 e. The van der Waals surface area contributed by atoms with Gasteiger partial charge >= 0.3 is 0 Å². The van der Waals surface area contributed by atoms with Crippen LogP contribution in [0.25, 0.3) is 0 Å². The third kappa shape index (κ3) is 5.20. The number of nitrogens with zero attached hydrogens (tertiary/aromatic N) is 1. The van der Waals surface area contributed by atoms with Crippen LogP contribution in [0.1, 0.15) is 38.8 Å². The zero-order chi connectivity index (χ0) is 15.3. The summed E-state index contributed by atoms with van der Waals surface area (Å²) in [7, 11) is 0. The van der Waals surface area contributed by atoms with Crippen molar-refractivity contribution in [2.75, 3.05) is 0 Å². The molecule has 0 spiro atoms. The van der Waals surface area contributed by atoms with E-state index >= 15 is 0 Å². The maximum absolute atomic E-state index is 11.9. The summed E-state index contributed by atoms with van der Waals surface area (Å²) < 4.78 is 0. The second kappa shape index (κ2) is 6.74. The smallest absolute Gasteiger partial charge is 0.237 e. The molecule has 5 heteroatoms. The molecule has 1 unspecified atom stereocenters. The first-order valence-corrected chi connectivity index (χ1v) is 6.84. The molecule has 0 aliphatic rings. The average molecular weight is 294 g/mol. The summed E-state index contributed by atoms with van der Waals surface area (Å²) in [5.74, 6) is -0.0535. The van der Waals surface area contributed by atoms with Crippen LogP contribution in [0.5, 0.6) is 0 Å². The molecule has 0 bridgehead atoms. The van der Waals surface area contributed by atoms with Crippen LogP contribution < -0.4 is 10.6 Å². The van der Waals surface area contributed by atoms with Crippen LogP contribution in [0.3, 0.4) is 0 Å². The van der Waals surface area contributed by atoms with E-state index in [2.05, 4.69) is 10.6 Å². The summed E-state index contributed by atoms with van der Waals surface area (Å²) in [6.07, 6.45) is 0. The highest BCUT2D eigenvalue weighted by Crippen LogP contribution is 2.17. The molecule has 0 aliphatic carbocycles. The van der Waals surface area contributed by atoms with Gasteiger partial charge in [-0.1, -0.05) is 17.7 Å². The molecule has 0 saturated heterocycles. The van der Waals surface area contributed by atoms with Crippen molar-refractivity contribution in [1.29, 1.82) is 5.26 Å². The zero-order valence-electron chi connectivity index (χ0n) is 12.2. The minimum atomic E-state index is -0.319. The van der Waals surface area contributed by atoms with Crippen molar-refractivity contribution in [1.82, 2.24) is 10.6 Å². The molecule has 0 heterocycles. The lowest BCUT2D eigenvalue weighted by Crippen LogP contribution is -2.49. The van der Waals surface area contributed by atoms with Crippen molar-refractivity contribution in [2.45, 2.75) is 45.8 Å². The first kappa shape index (κ1) is 16.5. The summed E-state index contributed by atoms with van der Waals surface area (Å²) in [6.45, 7) is 8.10. The Morgan fingerprint density at radius 3 is 2.60 bits per heavy atom. The van der Waals surface area contributed by atoms with Gasteiger partial charge in [0, 0.05) is 17.1 Å². The molecule has 0 radical (unpaired) electrons. The van der Waals surface area contributed by atoms with E-state index in [4.69, 9.17) is 16.9 Å². The van der Waals surface area contributed by atoms with E-state index in [9.17, 15) is 4.79 Å². The second-order valence-electron chi connectivity index (χ2n) is 5.76. The summed E-state index contributed by atoms with van der Waals surface area (Å²) in [5, 5.41) is 15.3. The molecule has 1 atom stereocenters. The third-order valence-electron chi connectivity index (χ3n) is 2.67. The average Bonchev–Trinajstić information content (AvgIpc) is 2.34. The first-order valence-electron chi connectivity index (χ1n) is 6.47. The summed E-state index contributed by atoms with van der Waals surface area (Å²) in [5.41, 5.74) is 1.14. The number of hydrogen-bond acceptors (Lipinski definition) is 3. The van der Waals surface area contributed by atoms with Crippen LogP contribution in [0, 0.1) is 11.3 Å². The third-order valence-corrected chi connectivity index (χ3v) is 3.02. The molecular formula is C15H20ClN3O. The number of hydrogen-bond donors (Lipinski definition) is 2. The highest BCUT2D eigenvalue weighted by atomic mass is 35.5. The number of amides is 1. The van der Waals surface area contributed by atoms with Gasteiger partial charge in [-0.25, -0.2) is 0 Å². The lowest BCUT2D eigenvalue weighted by molar-refractivity contribution is -0.124. The van der Waals surface area contributed by atoms with Crippen LogP contribution in [0.15, 0.2) is 18.2 Å². The molecule has 1 rings (SSSR count). The van der Waals surface area contributed by atoms with Gasteiger partial charge in [0.2, 0.25) is 5.91 Å². The van der Waals surface area contributed by atoms with Gasteiger partial charge in [0.15, 0.2) is 0 Å². The number of rotatable bonds is 4. The lowest BCUT2D eigenvalue weighted by Gasteiger charge is -2.23. The quantitative estimate of drug-likeness (QED) is 0.897. The van der Waals surface area contributed by atoms with E-state index in [0.717, 1.165) is 5.56 Å². The highest BCUT2D eigenvalue weighted by Gasteiger charge is 2.18. The van der Waals surface area contributed by atoms with Crippen molar-refractivity contribution in [3.63, 3.8) is 0 Å². The number of nitriles is 1. The normalized spacial score (nSPS) is 12.6. The van der Waals surface area contributed by atoms with Crippen LogP contribution in [-0.2, 0) is 11.3 Å². The van der Waals surface area contributed by atoms with E-state index in [1.54, 1.807) is 25.1 Å². The predicted octanol–water partition coefficient (Wildman–Crippen LogP) is 2.60. The Labute approximate surface area is 125 Å². The fourth-order valence-corrected chi connectivity index (χ4v) is 1.84. The van der Waals surface area contributed by atoms with E-state index < -0.39 is 0 Å². The maximum atomic E-state index is 11.9. The molecule has 108 valence electrons. The number of nitrogens with one attached hydrogen (secondary N) is 2. The van der Waals surface area contributed by atoms with E-state index in [1.807, 2.05) is 26.8 Å². The summed E-state index contributed by atoms with van der Waals surface area (Å²) in [6, 6.07) is 6.84. The number of carbonyl (C=O) groups excluding carboxylic acids is 1. The Bertz CT molecular complexity index is 529. The minimum absolute atomic E-state index is 0.0535. The summed E-state index contributed by atoms with van der Waals surface area (Å²) in [4.78, 5) is 11.9. The summed E-state index contributed by atoms with van der Waals surface area (Å²) >= 11 is 6.09. The molecular weight excluding hydrogens is 274 g/mol. The zero-order valence-corrected chi connectivity index (χ0v) is 13.0. The van der Waals surface area contributed by atoms with E-state index in [0.29, 0.717) is 17.1 Å². The van der Waals surface area contributed by atoms with E-state index in [1.165, 1.54) is 0 Å². The monoisotopic (exact) mass is 293 g/mol. The van der Waals surface area contributed by atoms with Gasteiger partial charge < -0.3 is 10.6 Å². The molecule has 2 N–H and O–H groups in total. The Balaban J connectivity index is 2.59. The molecule has 0 fully saturated rings. The Kier molecular flexibility index (Phi) is 5.55. The second-order valence-corrected chi connectivity index (χ2v) is 6.17. The molecule has 0 aliphatic heterocycles. The first-order chi connectivity index (χ1) is 9.23.